The lowest BCUT2D eigenvalue weighted by Gasteiger charge is -2.26. The predicted molar refractivity (Wildman–Crippen MR) is 295 cm³/mol. The summed E-state index contributed by atoms with van der Waals surface area (Å²) >= 11 is 0. The summed E-state index contributed by atoms with van der Waals surface area (Å²) in [6, 6.07) is 92.2. The van der Waals surface area contributed by atoms with E-state index in [1.165, 1.54) is 22.1 Å². The Morgan fingerprint density at radius 3 is 0.886 bits per heavy atom. The third-order valence-electron chi connectivity index (χ3n) is 13.9. The van der Waals surface area contributed by atoms with E-state index in [1.807, 2.05) is 0 Å². The van der Waals surface area contributed by atoms with Crippen LogP contribution in [0.25, 0.3) is 121 Å². The van der Waals surface area contributed by atoms with Gasteiger partial charge in [0.1, 0.15) is 5.75 Å². The minimum Gasteiger partial charge on any atom is -0.497 e. The maximum Gasteiger partial charge on any atom is 0.118 e. The second-order valence-corrected chi connectivity index (χ2v) is 18.0. The van der Waals surface area contributed by atoms with Crippen LogP contribution in [0.4, 0.5) is 0 Å². The minimum absolute atomic E-state index is 0.0349. The molecule has 0 heterocycles. The van der Waals surface area contributed by atoms with Crippen molar-refractivity contribution in [1.29, 1.82) is 0 Å². The number of rotatable bonds is 10. The van der Waals surface area contributed by atoms with Crippen molar-refractivity contribution in [2.75, 3.05) is 7.11 Å². The first-order valence-corrected chi connectivity index (χ1v) is 23.9. The van der Waals surface area contributed by atoms with E-state index in [4.69, 9.17) is 4.74 Å². The second-order valence-electron chi connectivity index (χ2n) is 18.0. The fraction of sp³-hybridized carbons (Fsp3) is 0.0294. The van der Waals surface area contributed by atoms with E-state index in [2.05, 4.69) is 255 Å². The van der Waals surface area contributed by atoms with E-state index in [0.29, 0.717) is 0 Å². The van der Waals surface area contributed by atoms with Gasteiger partial charge in [0.2, 0.25) is 0 Å². The molecule has 0 saturated heterocycles. The molecule has 0 atom stereocenters. The van der Waals surface area contributed by atoms with Gasteiger partial charge in [-0.3, -0.25) is 0 Å². The monoisotopic (exact) mass is 896 g/mol. The molecule has 0 aliphatic rings. The van der Waals surface area contributed by atoms with Gasteiger partial charge in [0.15, 0.2) is 0 Å². The zero-order chi connectivity index (χ0) is 47.0. The molecular formula is C68H48O2. The van der Waals surface area contributed by atoms with Gasteiger partial charge in [0.25, 0.3) is 0 Å². The Morgan fingerprint density at radius 2 is 0.543 bits per heavy atom. The number of aliphatic hydroxyl groups is 1. The van der Waals surface area contributed by atoms with Crippen molar-refractivity contribution in [2.24, 2.45) is 0 Å². The topological polar surface area (TPSA) is 29.5 Å². The van der Waals surface area contributed by atoms with E-state index in [-0.39, 0.29) is 6.61 Å². The first kappa shape index (κ1) is 42.5. The van der Waals surface area contributed by atoms with E-state index in [9.17, 15) is 5.11 Å². The SMILES string of the molecule is COc1ccc(-c2c3cc(-c4ccccc4)ccc3c(-c3ccc(-c4ccccc4)cc3)c3c(-c4ccc(CO)cc4)c4cc(-c5ccccc5)ccc4c(-c4ccc(-c5ccccc5)cc4)c23)cc1. The van der Waals surface area contributed by atoms with Crippen LogP contribution < -0.4 is 4.74 Å². The van der Waals surface area contributed by atoms with Crippen molar-refractivity contribution in [3.8, 4) is 94.8 Å². The number of aliphatic hydroxyl groups excluding tert-OH is 1. The highest BCUT2D eigenvalue weighted by molar-refractivity contribution is 6.34. The van der Waals surface area contributed by atoms with Gasteiger partial charge in [-0.05, 0) is 151 Å². The average molecular weight is 897 g/mol. The minimum atomic E-state index is -0.0349. The summed E-state index contributed by atoms with van der Waals surface area (Å²) in [6.07, 6.45) is 0. The van der Waals surface area contributed by atoms with Gasteiger partial charge >= 0.3 is 0 Å². The van der Waals surface area contributed by atoms with Gasteiger partial charge in [-0.1, -0.05) is 231 Å². The molecule has 0 spiro atoms. The van der Waals surface area contributed by atoms with Crippen LogP contribution in [0.5, 0.6) is 5.75 Å². The lowest BCUT2D eigenvalue weighted by Crippen LogP contribution is -1.99. The highest BCUT2D eigenvalue weighted by Crippen LogP contribution is 2.55. The molecule has 0 amide bonds. The fourth-order valence-corrected chi connectivity index (χ4v) is 10.5. The molecule has 332 valence electrons. The molecule has 2 nitrogen and oxygen atoms in total. The molecule has 12 aromatic rings. The molecule has 0 aliphatic heterocycles. The Kier molecular flexibility index (Phi) is 11.1. The maximum absolute atomic E-state index is 10.4. The first-order valence-electron chi connectivity index (χ1n) is 23.9. The fourth-order valence-electron chi connectivity index (χ4n) is 10.5. The van der Waals surface area contributed by atoms with Crippen molar-refractivity contribution in [2.45, 2.75) is 6.61 Å². The van der Waals surface area contributed by atoms with E-state index in [1.54, 1.807) is 7.11 Å². The van der Waals surface area contributed by atoms with Gasteiger partial charge in [0.05, 0.1) is 13.7 Å². The van der Waals surface area contributed by atoms with Crippen LogP contribution in [-0.2, 0) is 6.61 Å². The molecule has 0 fully saturated rings. The maximum atomic E-state index is 10.4. The summed E-state index contributed by atoms with van der Waals surface area (Å²) in [5.41, 5.74) is 19.2. The summed E-state index contributed by atoms with van der Waals surface area (Å²) in [6.45, 7) is -0.0349. The summed E-state index contributed by atoms with van der Waals surface area (Å²) in [4.78, 5) is 0. The van der Waals surface area contributed by atoms with Crippen LogP contribution in [0.2, 0.25) is 0 Å². The normalized spacial score (nSPS) is 11.3. The van der Waals surface area contributed by atoms with Gasteiger partial charge < -0.3 is 9.84 Å². The van der Waals surface area contributed by atoms with Crippen LogP contribution >= 0.6 is 0 Å². The highest BCUT2D eigenvalue weighted by Gasteiger charge is 2.27. The third-order valence-corrected chi connectivity index (χ3v) is 13.9. The Bertz CT molecular complexity index is 3550. The lowest BCUT2D eigenvalue weighted by molar-refractivity contribution is 0.282. The Hall–Kier alpha value is -8.82. The van der Waals surface area contributed by atoms with Crippen LogP contribution in [0.15, 0.2) is 255 Å². The number of benzene rings is 12. The molecular weight excluding hydrogens is 849 g/mol. The molecule has 2 heteroatoms. The summed E-state index contributed by atoms with van der Waals surface area (Å²) in [5, 5.41) is 17.3. The number of fused-ring (bicyclic) bond motifs is 3. The number of hydrogen-bond acceptors (Lipinski definition) is 2. The molecule has 0 bridgehead atoms. The van der Waals surface area contributed by atoms with Gasteiger partial charge in [-0.25, -0.2) is 0 Å². The Labute approximate surface area is 409 Å². The highest BCUT2D eigenvalue weighted by atomic mass is 16.5. The van der Waals surface area contributed by atoms with Gasteiger partial charge in [-0.2, -0.15) is 0 Å². The summed E-state index contributed by atoms with van der Waals surface area (Å²) < 4.78 is 5.80. The van der Waals surface area contributed by atoms with Crippen molar-refractivity contribution < 1.29 is 9.84 Å². The summed E-state index contributed by atoms with van der Waals surface area (Å²) in [5.74, 6) is 0.803. The van der Waals surface area contributed by atoms with E-state index in [0.717, 1.165) is 111 Å². The standard InChI is InChI=1S/C68H48O2/c1-70-58-38-34-55(35-39-58)66-62-43-57(49-20-12-5-13-21-49)37-41-60(62)63(53-30-26-50(27-31-53)46-14-6-2-7-15-46)67-65(52-24-22-45(44-69)23-25-52)61-42-56(48-18-10-4-11-19-48)36-40-59(61)64(68(66)67)54-32-28-51(29-33-54)47-16-8-3-9-17-47/h2-43,69H,44H2,1H3. The predicted octanol–water partition coefficient (Wildman–Crippen LogP) is 18.0. The lowest BCUT2D eigenvalue weighted by atomic mass is 9.76. The molecule has 0 saturated carbocycles. The van der Waals surface area contributed by atoms with E-state index >= 15 is 0 Å². The molecule has 0 unspecified atom stereocenters. The number of methoxy groups -OCH3 is 1. The van der Waals surface area contributed by atoms with E-state index < -0.39 is 0 Å². The van der Waals surface area contributed by atoms with Gasteiger partial charge in [0, 0.05) is 0 Å². The van der Waals surface area contributed by atoms with Crippen LogP contribution in [-0.4, -0.2) is 12.2 Å². The van der Waals surface area contributed by atoms with Crippen LogP contribution in [0.1, 0.15) is 5.56 Å². The van der Waals surface area contributed by atoms with Crippen molar-refractivity contribution in [3.63, 3.8) is 0 Å². The van der Waals surface area contributed by atoms with Gasteiger partial charge in [-0.15, -0.1) is 0 Å². The van der Waals surface area contributed by atoms with Crippen molar-refractivity contribution in [1.82, 2.24) is 0 Å². The molecule has 1 N–H and O–H groups in total. The molecule has 0 aliphatic carbocycles. The molecule has 12 aromatic carbocycles. The average Bonchev–Trinajstić information content (AvgIpc) is 3.45. The van der Waals surface area contributed by atoms with Crippen molar-refractivity contribution in [3.05, 3.63) is 260 Å². The molecule has 70 heavy (non-hydrogen) atoms. The molecule has 0 aromatic heterocycles. The first-order chi connectivity index (χ1) is 34.6. The smallest absolute Gasteiger partial charge is 0.118 e. The third kappa shape index (κ3) is 7.71. The zero-order valence-electron chi connectivity index (χ0n) is 38.8. The Morgan fingerprint density at radius 1 is 0.271 bits per heavy atom. The Balaban J connectivity index is 1.32. The quantitative estimate of drug-likeness (QED) is 0.139. The van der Waals surface area contributed by atoms with Crippen LogP contribution in [0, 0.1) is 0 Å². The summed E-state index contributed by atoms with van der Waals surface area (Å²) in [7, 11) is 1.73. The largest absolute Gasteiger partial charge is 0.497 e. The molecule has 12 rings (SSSR count). The molecule has 0 radical (unpaired) electrons. The zero-order valence-corrected chi connectivity index (χ0v) is 38.8. The number of ether oxygens (including phenoxy) is 1. The second kappa shape index (κ2) is 18.3. The van der Waals surface area contributed by atoms with Crippen LogP contribution in [0.3, 0.4) is 0 Å². The number of hydrogen-bond donors (Lipinski definition) is 1. The van der Waals surface area contributed by atoms with Crippen molar-refractivity contribution >= 4 is 32.3 Å².